The summed E-state index contributed by atoms with van der Waals surface area (Å²) in [6.45, 7) is 4.70. The van der Waals surface area contributed by atoms with Gasteiger partial charge in [0.1, 0.15) is 0 Å². The molecular weight excluding hydrogens is 415 g/mol. The molecule has 0 aliphatic carbocycles. The Morgan fingerprint density at radius 1 is 1.28 bits per heavy atom. The number of fused-ring (bicyclic) bond motifs is 2. The highest BCUT2D eigenvalue weighted by Crippen LogP contribution is 2.42. The van der Waals surface area contributed by atoms with E-state index < -0.39 is 0 Å². The van der Waals surface area contributed by atoms with Gasteiger partial charge in [-0.05, 0) is 26.3 Å². The quantitative estimate of drug-likeness (QED) is 0.702. The van der Waals surface area contributed by atoms with Gasteiger partial charge >= 0.3 is 0 Å². The summed E-state index contributed by atoms with van der Waals surface area (Å²) in [5, 5.41) is 0. The summed E-state index contributed by atoms with van der Waals surface area (Å²) in [4.78, 5) is 39.6. The first kappa shape index (κ1) is 23.9. The van der Waals surface area contributed by atoms with Crippen LogP contribution in [0.3, 0.4) is 0 Å². The lowest BCUT2D eigenvalue weighted by Crippen LogP contribution is -2.59. The van der Waals surface area contributed by atoms with Crippen LogP contribution < -0.4 is 5.73 Å². The van der Waals surface area contributed by atoms with E-state index in [2.05, 4.69) is 14.9 Å². The summed E-state index contributed by atoms with van der Waals surface area (Å²) in [6, 6.07) is -0.0440. The van der Waals surface area contributed by atoms with Crippen molar-refractivity contribution < 1.29 is 9.59 Å². The van der Waals surface area contributed by atoms with Crippen LogP contribution in [0.1, 0.15) is 44.0 Å². The zero-order valence-corrected chi connectivity index (χ0v) is 18.7. The van der Waals surface area contributed by atoms with Crippen LogP contribution >= 0.6 is 24.8 Å². The lowest BCUT2D eigenvalue weighted by molar-refractivity contribution is -0.145. The van der Waals surface area contributed by atoms with Gasteiger partial charge in [-0.2, -0.15) is 0 Å². The van der Waals surface area contributed by atoms with Crippen molar-refractivity contribution in [2.24, 2.45) is 5.73 Å². The molecule has 3 aliphatic heterocycles. The van der Waals surface area contributed by atoms with Crippen LogP contribution in [0.25, 0.3) is 0 Å². The third-order valence-electron chi connectivity index (χ3n) is 6.63. The maximum Gasteiger partial charge on any atom is 0.239 e. The molecule has 2 saturated heterocycles. The van der Waals surface area contributed by atoms with E-state index in [0.717, 1.165) is 50.2 Å². The molecule has 2 amide bonds. The van der Waals surface area contributed by atoms with Crippen molar-refractivity contribution in [2.75, 3.05) is 33.2 Å². The normalized spacial score (nSPS) is 25.9. The number of likely N-dealkylation sites (N-methyl/N-ethyl adjacent to an activating group) is 1. The average Bonchev–Trinajstić information content (AvgIpc) is 3.28. The molecule has 3 aliphatic rings. The number of halogens is 2. The minimum absolute atomic E-state index is 0. The number of nitrogens with zero attached hydrogens (tertiary/aromatic N) is 4. The summed E-state index contributed by atoms with van der Waals surface area (Å²) in [5.74, 6) is 0.344. The number of aromatic nitrogens is 2. The van der Waals surface area contributed by atoms with E-state index >= 15 is 0 Å². The van der Waals surface area contributed by atoms with Gasteiger partial charge in [0.05, 0.1) is 23.6 Å². The number of nitrogens with one attached hydrogen (secondary N) is 1. The van der Waals surface area contributed by atoms with Crippen molar-refractivity contribution in [1.29, 1.82) is 0 Å². The zero-order valence-electron chi connectivity index (χ0n) is 17.1. The Bertz CT molecular complexity index is 734. The highest BCUT2D eigenvalue weighted by atomic mass is 35.5. The zero-order chi connectivity index (χ0) is 19.2. The number of H-pyrrole nitrogens is 1. The fourth-order valence-electron chi connectivity index (χ4n) is 5.17. The van der Waals surface area contributed by atoms with Crippen molar-refractivity contribution in [3.05, 3.63) is 17.7 Å². The monoisotopic (exact) mass is 446 g/mol. The third-order valence-corrected chi connectivity index (χ3v) is 6.63. The second-order valence-electron chi connectivity index (χ2n) is 8.19. The van der Waals surface area contributed by atoms with Crippen molar-refractivity contribution in [2.45, 2.75) is 56.7 Å². The molecule has 1 aromatic heterocycles. The molecule has 4 heterocycles. The van der Waals surface area contributed by atoms with Crippen molar-refractivity contribution in [3.8, 4) is 0 Å². The fraction of sp³-hybridized carbons (Fsp3) is 0.737. The van der Waals surface area contributed by atoms with Crippen LogP contribution in [0.5, 0.6) is 0 Å². The van der Waals surface area contributed by atoms with E-state index in [-0.39, 0.29) is 54.3 Å². The lowest BCUT2D eigenvalue weighted by Gasteiger charge is -2.50. The summed E-state index contributed by atoms with van der Waals surface area (Å²) in [7, 11) is 1.97. The van der Waals surface area contributed by atoms with Gasteiger partial charge in [0, 0.05) is 50.8 Å². The van der Waals surface area contributed by atoms with E-state index in [1.807, 2.05) is 23.8 Å². The Morgan fingerprint density at radius 3 is 2.55 bits per heavy atom. The average molecular weight is 447 g/mol. The highest BCUT2D eigenvalue weighted by Gasteiger charge is 2.49. The van der Waals surface area contributed by atoms with Gasteiger partial charge in [0.25, 0.3) is 0 Å². The molecule has 4 rings (SSSR count). The molecule has 2 atom stereocenters. The number of imidazole rings is 1. The molecule has 1 spiro atoms. The molecular formula is C19H32Cl2N6O2. The van der Waals surface area contributed by atoms with Gasteiger partial charge in [0.15, 0.2) is 0 Å². The molecule has 2 fully saturated rings. The Morgan fingerprint density at radius 2 is 1.97 bits per heavy atom. The first-order chi connectivity index (χ1) is 13.0. The molecule has 3 N–H and O–H groups in total. The molecule has 0 radical (unpaired) electrons. The topological polar surface area (TPSA) is 98.6 Å². The third kappa shape index (κ3) is 4.00. The molecule has 164 valence electrons. The maximum atomic E-state index is 13.0. The lowest BCUT2D eigenvalue weighted by atomic mass is 9.78. The fourth-order valence-corrected chi connectivity index (χ4v) is 5.17. The summed E-state index contributed by atoms with van der Waals surface area (Å²) in [6.07, 6.45) is 5.25. The van der Waals surface area contributed by atoms with E-state index in [4.69, 9.17) is 5.73 Å². The van der Waals surface area contributed by atoms with Crippen LogP contribution in [0.15, 0.2) is 6.33 Å². The molecule has 1 aromatic rings. The van der Waals surface area contributed by atoms with Crippen molar-refractivity contribution >= 4 is 36.6 Å². The van der Waals surface area contributed by atoms with E-state index in [1.54, 1.807) is 6.33 Å². The molecule has 0 bridgehead atoms. The Kier molecular flexibility index (Phi) is 7.59. The number of nitrogens with two attached hydrogens (primary N) is 1. The van der Waals surface area contributed by atoms with Crippen LogP contribution in [0.2, 0.25) is 0 Å². The van der Waals surface area contributed by atoms with Gasteiger partial charge in [-0.25, -0.2) is 4.98 Å². The molecule has 8 nitrogen and oxygen atoms in total. The predicted octanol–water partition coefficient (Wildman–Crippen LogP) is 0.897. The van der Waals surface area contributed by atoms with Gasteiger partial charge in [0.2, 0.25) is 11.8 Å². The largest absolute Gasteiger partial charge is 0.348 e. The van der Waals surface area contributed by atoms with E-state index in [9.17, 15) is 9.59 Å². The Balaban J connectivity index is 0.00000150. The number of amides is 2. The summed E-state index contributed by atoms with van der Waals surface area (Å²) < 4.78 is 0. The number of rotatable bonds is 2. The van der Waals surface area contributed by atoms with Gasteiger partial charge in [-0.3, -0.25) is 14.5 Å². The molecule has 0 aromatic carbocycles. The maximum absolute atomic E-state index is 13.0. The number of piperidine rings is 1. The smallest absolute Gasteiger partial charge is 0.239 e. The van der Waals surface area contributed by atoms with Crippen molar-refractivity contribution in [1.82, 2.24) is 24.7 Å². The summed E-state index contributed by atoms with van der Waals surface area (Å²) >= 11 is 0. The van der Waals surface area contributed by atoms with E-state index in [0.29, 0.717) is 19.5 Å². The van der Waals surface area contributed by atoms with Crippen LogP contribution in [-0.2, 0) is 21.5 Å². The van der Waals surface area contributed by atoms with Gasteiger partial charge < -0.3 is 20.5 Å². The standard InChI is InChI=1S/C19H30N6O2.2ClH/c1-3-16(26)25-7-4-14-17(22-12-21-14)19(25)5-8-24(9-6-19)18(27)15-10-13(20)11-23(15)2;;/h12-13,15H,3-11,20H2,1-2H3,(H,21,22);2*1H/t13-,15-;;/m0../s1. The Hall–Kier alpha value is -1.35. The first-order valence-electron chi connectivity index (χ1n) is 10.0. The Labute approximate surface area is 184 Å². The van der Waals surface area contributed by atoms with Gasteiger partial charge in [-0.15, -0.1) is 24.8 Å². The van der Waals surface area contributed by atoms with Crippen LogP contribution in [0.4, 0.5) is 0 Å². The number of hydrogen-bond donors (Lipinski definition) is 2. The van der Waals surface area contributed by atoms with Gasteiger partial charge in [-0.1, -0.05) is 6.92 Å². The minimum atomic E-state index is -0.380. The number of carbonyl (C=O) groups is 2. The van der Waals surface area contributed by atoms with Crippen LogP contribution in [-0.4, -0.2) is 81.8 Å². The minimum Gasteiger partial charge on any atom is -0.348 e. The van der Waals surface area contributed by atoms with E-state index in [1.165, 1.54) is 0 Å². The highest BCUT2D eigenvalue weighted by molar-refractivity contribution is 5.85. The number of carbonyl (C=O) groups excluding carboxylic acids is 2. The summed E-state index contributed by atoms with van der Waals surface area (Å²) in [5.41, 5.74) is 7.79. The number of hydrogen-bond acceptors (Lipinski definition) is 5. The molecule has 0 unspecified atom stereocenters. The second-order valence-corrected chi connectivity index (χ2v) is 8.19. The SMILES string of the molecule is CCC(=O)N1CCc2[nH]cnc2C12CCN(C(=O)[C@@H]1C[C@H](N)CN1C)CC2.Cl.Cl. The molecule has 29 heavy (non-hydrogen) atoms. The van der Waals surface area contributed by atoms with Crippen molar-refractivity contribution in [3.63, 3.8) is 0 Å². The number of likely N-dealkylation sites (tertiary alicyclic amines) is 2. The van der Waals surface area contributed by atoms with Crippen LogP contribution in [0, 0.1) is 0 Å². The number of aromatic amines is 1. The predicted molar refractivity (Wildman–Crippen MR) is 115 cm³/mol. The molecule has 10 heteroatoms. The first-order valence-corrected chi connectivity index (χ1v) is 10.0. The molecule has 0 saturated carbocycles. The second kappa shape index (κ2) is 9.20.